The molecule has 0 bridgehead atoms. The minimum absolute atomic E-state index is 0.431. The third-order valence-corrected chi connectivity index (χ3v) is 4.95. The van der Waals surface area contributed by atoms with E-state index < -0.39 is 6.09 Å². The first-order chi connectivity index (χ1) is 13.6. The number of hydrogen-bond acceptors (Lipinski definition) is 4. The van der Waals surface area contributed by atoms with Crippen LogP contribution in [-0.2, 0) is 24.3 Å². The lowest BCUT2D eigenvalue weighted by Crippen LogP contribution is -2.35. The average molecular weight is 384 g/mol. The second-order valence-corrected chi connectivity index (χ2v) is 7.04. The lowest BCUT2D eigenvalue weighted by molar-refractivity contribution is 0.0954. The summed E-state index contributed by atoms with van der Waals surface area (Å²) in [5.74, 6) is 0.872. The zero-order valence-corrected chi connectivity index (χ0v) is 16.3. The van der Waals surface area contributed by atoms with E-state index in [2.05, 4.69) is 24.1 Å². The highest BCUT2D eigenvalue weighted by Gasteiger charge is 2.22. The fraction of sp³-hybridized carbons (Fsp3) is 0.409. The van der Waals surface area contributed by atoms with Gasteiger partial charge in [0, 0.05) is 31.7 Å². The van der Waals surface area contributed by atoms with Crippen molar-refractivity contribution in [1.82, 2.24) is 9.80 Å². The highest BCUT2D eigenvalue weighted by molar-refractivity contribution is 5.65. The number of benzene rings is 2. The molecule has 2 aromatic rings. The van der Waals surface area contributed by atoms with Crippen LogP contribution in [0.3, 0.4) is 0 Å². The Balaban J connectivity index is 1.38. The summed E-state index contributed by atoms with van der Waals surface area (Å²) in [5, 5.41) is 9.17. The van der Waals surface area contributed by atoms with Gasteiger partial charge in [-0.3, -0.25) is 0 Å². The van der Waals surface area contributed by atoms with Crippen LogP contribution in [0.25, 0.3) is 0 Å². The zero-order chi connectivity index (χ0) is 19.8. The Morgan fingerprint density at radius 1 is 1.11 bits per heavy atom. The Labute approximate surface area is 166 Å². The summed E-state index contributed by atoms with van der Waals surface area (Å²) in [6, 6.07) is 16.0. The standard InChI is InChI=1S/C22H28N2O4/c1-23(12-14-27-17-18-6-3-2-4-7-18)13-15-28-21-9-5-8-19-16-24(22(25)26)11-10-20(19)21/h2-9H,10-17H2,1H3,(H,25,26). The molecule has 0 spiro atoms. The van der Waals surface area contributed by atoms with Crippen molar-refractivity contribution in [2.75, 3.05) is 39.9 Å². The van der Waals surface area contributed by atoms with E-state index in [0.29, 0.717) is 39.3 Å². The van der Waals surface area contributed by atoms with E-state index in [4.69, 9.17) is 14.6 Å². The van der Waals surface area contributed by atoms with Crippen molar-refractivity contribution in [3.63, 3.8) is 0 Å². The molecular weight excluding hydrogens is 356 g/mol. The van der Waals surface area contributed by atoms with Gasteiger partial charge < -0.3 is 24.4 Å². The summed E-state index contributed by atoms with van der Waals surface area (Å²) >= 11 is 0. The molecule has 0 atom stereocenters. The van der Waals surface area contributed by atoms with Gasteiger partial charge in [0.1, 0.15) is 12.4 Å². The molecule has 6 nitrogen and oxygen atoms in total. The maximum absolute atomic E-state index is 11.2. The maximum atomic E-state index is 11.2. The minimum Gasteiger partial charge on any atom is -0.492 e. The predicted octanol–water partition coefficient (Wildman–Crippen LogP) is 3.25. The normalized spacial score (nSPS) is 13.4. The number of likely N-dealkylation sites (N-methyl/N-ethyl adjacent to an activating group) is 1. The van der Waals surface area contributed by atoms with Crippen LogP contribution in [0.15, 0.2) is 48.5 Å². The highest BCUT2D eigenvalue weighted by atomic mass is 16.5. The van der Waals surface area contributed by atoms with E-state index >= 15 is 0 Å². The maximum Gasteiger partial charge on any atom is 0.407 e. The van der Waals surface area contributed by atoms with Crippen LogP contribution in [-0.4, -0.2) is 60.9 Å². The molecule has 0 aliphatic carbocycles. The van der Waals surface area contributed by atoms with Crippen molar-refractivity contribution in [3.05, 3.63) is 65.2 Å². The van der Waals surface area contributed by atoms with Crippen LogP contribution in [0.1, 0.15) is 16.7 Å². The van der Waals surface area contributed by atoms with Crippen LogP contribution in [0, 0.1) is 0 Å². The number of fused-ring (bicyclic) bond motifs is 1. The van der Waals surface area contributed by atoms with Gasteiger partial charge in [0.05, 0.1) is 13.2 Å². The van der Waals surface area contributed by atoms with Gasteiger partial charge in [0.25, 0.3) is 0 Å². The minimum atomic E-state index is -0.868. The van der Waals surface area contributed by atoms with Gasteiger partial charge in [-0.25, -0.2) is 4.79 Å². The Morgan fingerprint density at radius 2 is 1.89 bits per heavy atom. The summed E-state index contributed by atoms with van der Waals surface area (Å²) in [7, 11) is 2.06. The summed E-state index contributed by atoms with van der Waals surface area (Å²) in [6.07, 6.45) is -0.172. The van der Waals surface area contributed by atoms with Crippen molar-refractivity contribution in [2.45, 2.75) is 19.6 Å². The van der Waals surface area contributed by atoms with E-state index in [9.17, 15) is 4.79 Å². The lowest BCUT2D eigenvalue weighted by Gasteiger charge is -2.28. The van der Waals surface area contributed by atoms with E-state index in [1.807, 2.05) is 36.4 Å². The number of rotatable bonds is 9. The Kier molecular flexibility index (Phi) is 7.28. The summed E-state index contributed by atoms with van der Waals surface area (Å²) in [4.78, 5) is 14.8. The molecule has 0 fully saturated rings. The molecule has 6 heteroatoms. The molecule has 0 saturated carbocycles. The van der Waals surface area contributed by atoms with Gasteiger partial charge in [-0.2, -0.15) is 0 Å². The molecule has 1 aliphatic heterocycles. The van der Waals surface area contributed by atoms with Crippen molar-refractivity contribution in [1.29, 1.82) is 0 Å². The van der Waals surface area contributed by atoms with Crippen molar-refractivity contribution < 1.29 is 19.4 Å². The largest absolute Gasteiger partial charge is 0.492 e. The number of hydrogen-bond donors (Lipinski definition) is 1. The first-order valence-corrected chi connectivity index (χ1v) is 9.65. The topological polar surface area (TPSA) is 62.2 Å². The Morgan fingerprint density at radius 3 is 2.68 bits per heavy atom. The summed E-state index contributed by atoms with van der Waals surface area (Å²) in [5.41, 5.74) is 3.35. The first kappa shape index (κ1) is 20.2. The quantitative estimate of drug-likeness (QED) is 0.673. The highest BCUT2D eigenvalue weighted by Crippen LogP contribution is 2.28. The number of carboxylic acid groups (broad SMARTS) is 1. The molecular formula is C22H28N2O4. The van der Waals surface area contributed by atoms with Crippen LogP contribution in [0.5, 0.6) is 5.75 Å². The SMILES string of the molecule is CN(CCOCc1ccccc1)CCOc1cccc2c1CCN(C(=O)O)C2. The monoisotopic (exact) mass is 384 g/mol. The molecule has 28 heavy (non-hydrogen) atoms. The fourth-order valence-electron chi connectivity index (χ4n) is 3.28. The average Bonchev–Trinajstić information content (AvgIpc) is 2.71. The molecule has 1 amide bonds. The molecule has 0 aromatic heterocycles. The van der Waals surface area contributed by atoms with Crippen LogP contribution >= 0.6 is 0 Å². The van der Waals surface area contributed by atoms with E-state index in [1.165, 1.54) is 10.5 Å². The van der Waals surface area contributed by atoms with Crippen LogP contribution in [0.2, 0.25) is 0 Å². The number of amides is 1. The first-order valence-electron chi connectivity index (χ1n) is 9.65. The van der Waals surface area contributed by atoms with Crippen LogP contribution in [0.4, 0.5) is 4.79 Å². The van der Waals surface area contributed by atoms with Crippen molar-refractivity contribution in [2.24, 2.45) is 0 Å². The predicted molar refractivity (Wildman–Crippen MR) is 108 cm³/mol. The molecule has 0 radical (unpaired) electrons. The van der Waals surface area contributed by atoms with E-state index in [0.717, 1.165) is 30.0 Å². The van der Waals surface area contributed by atoms with Crippen molar-refractivity contribution in [3.8, 4) is 5.75 Å². The molecule has 0 unspecified atom stereocenters. The van der Waals surface area contributed by atoms with Gasteiger partial charge in [0.2, 0.25) is 0 Å². The molecule has 3 rings (SSSR count). The fourth-order valence-corrected chi connectivity index (χ4v) is 3.28. The van der Waals surface area contributed by atoms with E-state index in [1.54, 1.807) is 0 Å². The second-order valence-electron chi connectivity index (χ2n) is 7.04. The number of ether oxygens (including phenoxy) is 2. The van der Waals surface area contributed by atoms with Crippen LogP contribution < -0.4 is 4.74 Å². The van der Waals surface area contributed by atoms with Gasteiger partial charge in [-0.05, 0) is 30.7 Å². The summed E-state index contributed by atoms with van der Waals surface area (Å²) in [6.45, 7) is 4.50. The van der Waals surface area contributed by atoms with Gasteiger partial charge in [-0.1, -0.05) is 42.5 Å². The third kappa shape index (κ3) is 5.71. The van der Waals surface area contributed by atoms with E-state index in [-0.39, 0.29) is 0 Å². The van der Waals surface area contributed by atoms with Gasteiger partial charge in [-0.15, -0.1) is 0 Å². The number of nitrogens with zero attached hydrogens (tertiary/aromatic N) is 2. The second kappa shape index (κ2) is 10.1. The van der Waals surface area contributed by atoms with Crippen molar-refractivity contribution >= 4 is 6.09 Å². The molecule has 2 aromatic carbocycles. The van der Waals surface area contributed by atoms with Gasteiger partial charge >= 0.3 is 6.09 Å². The summed E-state index contributed by atoms with van der Waals surface area (Å²) < 4.78 is 11.7. The Hall–Kier alpha value is -2.57. The Bertz CT molecular complexity index is 766. The molecule has 1 N–H and O–H groups in total. The number of carbonyl (C=O) groups is 1. The molecule has 150 valence electrons. The molecule has 1 aliphatic rings. The smallest absolute Gasteiger partial charge is 0.407 e. The van der Waals surface area contributed by atoms with Gasteiger partial charge in [0.15, 0.2) is 0 Å². The zero-order valence-electron chi connectivity index (χ0n) is 16.3. The lowest BCUT2D eigenvalue weighted by atomic mass is 9.99. The molecule has 1 heterocycles. The molecule has 0 saturated heterocycles. The third-order valence-electron chi connectivity index (χ3n) is 4.95.